The lowest BCUT2D eigenvalue weighted by Gasteiger charge is -2.27. The third kappa shape index (κ3) is 3.79. The fourth-order valence-corrected chi connectivity index (χ4v) is 2.75. The minimum Gasteiger partial charge on any atom is -0.481 e. The van der Waals surface area contributed by atoms with Gasteiger partial charge in [-0.05, 0) is 37.0 Å². The first kappa shape index (κ1) is 14.5. The van der Waals surface area contributed by atoms with Gasteiger partial charge < -0.3 is 10.4 Å². The Morgan fingerprint density at radius 2 is 1.85 bits per heavy atom. The summed E-state index contributed by atoms with van der Waals surface area (Å²) in [5, 5.41) is 12.0. The van der Waals surface area contributed by atoms with E-state index in [4.69, 9.17) is 0 Å². The highest BCUT2D eigenvalue weighted by atomic mass is 16.4. The van der Waals surface area contributed by atoms with E-state index in [1.165, 1.54) is 0 Å². The standard InChI is InChI=1S/C15H20N2O3/c18-14(12-3-1-2-4-13(12)15(19)20)17-10-7-11-5-8-16-9-6-11/h5-6,8-9,12-13H,1-4,7,10H2,(H,17,18)(H,19,20)/t12-,13-/m0/s1. The minimum atomic E-state index is -0.848. The number of carboxylic acids is 1. The fraction of sp³-hybridized carbons (Fsp3) is 0.533. The van der Waals surface area contributed by atoms with Gasteiger partial charge in [0.15, 0.2) is 0 Å². The average Bonchev–Trinajstić information content (AvgIpc) is 2.48. The number of nitrogens with one attached hydrogen (secondary N) is 1. The Labute approximate surface area is 118 Å². The molecular formula is C15H20N2O3. The molecule has 2 atom stereocenters. The Hall–Kier alpha value is -1.91. The van der Waals surface area contributed by atoms with E-state index in [1.807, 2.05) is 12.1 Å². The Kier molecular flexibility index (Phi) is 5.09. The van der Waals surface area contributed by atoms with Crippen LogP contribution >= 0.6 is 0 Å². The Balaban J connectivity index is 1.83. The smallest absolute Gasteiger partial charge is 0.307 e. The lowest BCUT2D eigenvalue weighted by Crippen LogP contribution is -2.40. The highest BCUT2D eigenvalue weighted by Crippen LogP contribution is 2.30. The van der Waals surface area contributed by atoms with E-state index >= 15 is 0 Å². The van der Waals surface area contributed by atoms with Crippen molar-refractivity contribution in [3.8, 4) is 0 Å². The number of hydrogen-bond acceptors (Lipinski definition) is 3. The van der Waals surface area contributed by atoms with Crippen molar-refractivity contribution in [2.45, 2.75) is 32.1 Å². The molecule has 1 aromatic rings. The molecule has 2 N–H and O–H groups in total. The van der Waals surface area contributed by atoms with Crippen LogP contribution in [-0.2, 0) is 16.0 Å². The molecule has 0 unspecified atom stereocenters. The predicted octanol–water partition coefficient (Wildman–Crippen LogP) is 1.63. The molecule has 0 saturated heterocycles. The maximum Gasteiger partial charge on any atom is 0.307 e. The monoisotopic (exact) mass is 276 g/mol. The largest absolute Gasteiger partial charge is 0.481 e. The average molecular weight is 276 g/mol. The van der Waals surface area contributed by atoms with Gasteiger partial charge >= 0.3 is 5.97 Å². The Morgan fingerprint density at radius 1 is 1.20 bits per heavy atom. The summed E-state index contributed by atoms with van der Waals surface area (Å²) >= 11 is 0. The zero-order chi connectivity index (χ0) is 14.4. The Morgan fingerprint density at radius 3 is 2.50 bits per heavy atom. The second kappa shape index (κ2) is 7.03. The van der Waals surface area contributed by atoms with Crippen molar-refractivity contribution in [1.82, 2.24) is 10.3 Å². The van der Waals surface area contributed by atoms with Crippen molar-refractivity contribution in [1.29, 1.82) is 0 Å². The van der Waals surface area contributed by atoms with Crippen molar-refractivity contribution in [3.05, 3.63) is 30.1 Å². The van der Waals surface area contributed by atoms with Crippen LogP contribution in [0.3, 0.4) is 0 Å². The van der Waals surface area contributed by atoms with Crippen molar-refractivity contribution < 1.29 is 14.7 Å². The summed E-state index contributed by atoms with van der Waals surface area (Å²) in [4.78, 5) is 27.2. The molecule has 5 heteroatoms. The SMILES string of the molecule is O=C(O)[C@H]1CCCC[C@@H]1C(=O)NCCc1ccncc1. The van der Waals surface area contributed by atoms with Gasteiger partial charge in [-0.3, -0.25) is 14.6 Å². The van der Waals surface area contributed by atoms with E-state index in [0.717, 1.165) is 24.8 Å². The molecule has 1 aromatic heterocycles. The first-order valence-corrected chi connectivity index (χ1v) is 7.08. The highest BCUT2D eigenvalue weighted by molar-refractivity contribution is 5.84. The first-order valence-electron chi connectivity index (χ1n) is 7.08. The van der Waals surface area contributed by atoms with Crippen molar-refractivity contribution in [2.24, 2.45) is 11.8 Å². The maximum absolute atomic E-state index is 12.1. The third-order valence-corrected chi connectivity index (χ3v) is 3.88. The lowest BCUT2D eigenvalue weighted by molar-refractivity contribution is -0.148. The van der Waals surface area contributed by atoms with Gasteiger partial charge in [-0.2, -0.15) is 0 Å². The number of rotatable bonds is 5. The minimum absolute atomic E-state index is 0.119. The molecule has 1 aliphatic rings. The number of hydrogen-bond donors (Lipinski definition) is 2. The van der Waals surface area contributed by atoms with Crippen LogP contribution < -0.4 is 5.32 Å². The second-order valence-corrected chi connectivity index (χ2v) is 5.23. The predicted molar refractivity (Wildman–Crippen MR) is 74.0 cm³/mol. The van der Waals surface area contributed by atoms with Crippen LogP contribution in [0.4, 0.5) is 0 Å². The van der Waals surface area contributed by atoms with Gasteiger partial charge in [0, 0.05) is 18.9 Å². The van der Waals surface area contributed by atoms with Crippen LogP contribution in [0.25, 0.3) is 0 Å². The molecule has 0 aliphatic heterocycles. The van der Waals surface area contributed by atoms with E-state index in [2.05, 4.69) is 10.3 Å². The van der Waals surface area contributed by atoms with Crippen LogP contribution in [0.2, 0.25) is 0 Å². The summed E-state index contributed by atoms with van der Waals surface area (Å²) < 4.78 is 0. The zero-order valence-electron chi connectivity index (χ0n) is 11.4. The van der Waals surface area contributed by atoms with Gasteiger partial charge in [0.25, 0.3) is 0 Å². The molecule has 1 fully saturated rings. The number of nitrogens with zero attached hydrogens (tertiary/aromatic N) is 1. The van der Waals surface area contributed by atoms with E-state index in [-0.39, 0.29) is 11.8 Å². The van der Waals surface area contributed by atoms with Gasteiger partial charge in [-0.15, -0.1) is 0 Å². The van der Waals surface area contributed by atoms with Gasteiger partial charge in [0.2, 0.25) is 5.91 Å². The summed E-state index contributed by atoms with van der Waals surface area (Å²) in [6.45, 7) is 0.533. The summed E-state index contributed by atoms with van der Waals surface area (Å²) in [6.07, 6.45) is 7.30. The van der Waals surface area contributed by atoms with Crippen molar-refractivity contribution in [3.63, 3.8) is 0 Å². The number of amides is 1. The summed E-state index contributed by atoms with van der Waals surface area (Å²) in [5.74, 6) is -1.87. The van der Waals surface area contributed by atoms with Gasteiger partial charge in [0.05, 0.1) is 11.8 Å². The number of aromatic nitrogens is 1. The molecule has 0 spiro atoms. The highest BCUT2D eigenvalue weighted by Gasteiger charge is 2.35. The van der Waals surface area contributed by atoms with Crippen molar-refractivity contribution in [2.75, 3.05) is 6.54 Å². The summed E-state index contributed by atoms with van der Waals surface area (Å²) in [6, 6.07) is 3.82. The molecule has 1 saturated carbocycles. The summed E-state index contributed by atoms with van der Waals surface area (Å²) in [5.41, 5.74) is 1.11. The van der Waals surface area contributed by atoms with E-state index < -0.39 is 11.9 Å². The van der Waals surface area contributed by atoms with Gasteiger partial charge in [-0.25, -0.2) is 0 Å². The molecule has 2 rings (SSSR count). The topological polar surface area (TPSA) is 79.3 Å². The number of carboxylic acid groups (broad SMARTS) is 1. The molecule has 5 nitrogen and oxygen atoms in total. The second-order valence-electron chi connectivity index (χ2n) is 5.23. The van der Waals surface area contributed by atoms with Crippen LogP contribution in [0, 0.1) is 11.8 Å². The van der Waals surface area contributed by atoms with E-state index in [0.29, 0.717) is 19.4 Å². The van der Waals surface area contributed by atoms with E-state index in [9.17, 15) is 14.7 Å². The van der Waals surface area contributed by atoms with Crippen LogP contribution in [0.1, 0.15) is 31.2 Å². The van der Waals surface area contributed by atoms with Gasteiger partial charge in [0.1, 0.15) is 0 Å². The molecule has 108 valence electrons. The van der Waals surface area contributed by atoms with E-state index in [1.54, 1.807) is 12.4 Å². The molecular weight excluding hydrogens is 256 g/mol. The summed E-state index contributed by atoms with van der Waals surface area (Å²) in [7, 11) is 0. The number of carbonyl (C=O) groups excluding carboxylic acids is 1. The number of pyridine rings is 1. The Bertz CT molecular complexity index is 461. The van der Waals surface area contributed by atoms with Crippen molar-refractivity contribution >= 4 is 11.9 Å². The molecule has 0 radical (unpaired) electrons. The third-order valence-electron chi connectivity index (χ3n) is 3.88. The number of aliphatic carboxylic acids is 1. The number of carbonyl (C=O) groups is 2. The molecule has 1 heterocycles. The molecule has 1 amide bonds. The zero-order valence-corrected chi connectivity index (χ0v) is 11.4. The lowest BCUT2D eigenvalue weighted by atomic mass is 9.78. The maximum atomic E-state index is 12.1. The van der Waals surface area contributed by atoms with Gasteiger partial charge in [-0.1, -0.05) is 12.8 Å². The van der Waals surface area contributed by atoms with Crippen LogP contribution in [0.5, 0.6) is 0 Å². The molecule has 0 aromatic carbocycles. The van der Waals surface area contributed by atoms with Crippen LogP contribution in [0.15, 0.2) is 24.5 Å². The molecule has 20 heavy (non-hydrogen) atoms. The normalized spacial score (nSPS) is 22.2. The quantitative estimate of drug-likeness (QED) is 0.856. The van der Waals surface area contributed by atoms with Crippen LogP contribution in [-0.4, -0.2) is 28.5 Å². The first-order chi connectivity index (χ1) is 9.68. The molecule has 1 aliphatic carbocycles. The molecule has 0 bridgehead atoms. The fourth-order valence-electron chi connectivity index (χ4n) is 2.75.